The maximum atomic E-state index is 13.5. The van der Waals surface area contributed by atoms with E-state index in [4.69, 9.17) is 17.0 Å². The van der Waals surface area contributed by atoms with Crippen molar-refractivity contribution >= 4 is 23.0 Å². The lowest BCUT2D eigenvalue weighted by atomic mass is 10.2. The van der Waals surface area contributed by atoms with Crippen molar-refractivity contribution in [2.24, 2.45) is 0 Å². The summed E-state index contributed by atoms with van der Waals surface area (Å²) in [7, 11) is 1.81. The van der Waals surface area contributed by atoms with Crippen LogP contribution in [-0.4, -0.2) is 30.2 Å². The normalized spacial score (nSPS) is 10.3. The maximum Gasteiger partial charge on any atom is 0.173 e. The second kappa shape index (κ2) is 7.87. The van der Waals surface area contributed by atoms with Gasteiger partial charge in [-0.05, 0) is 61.1 Å². The van der Waals surface area contributed by atoms with E-state index in [-0.39, 0.29) is 11.6 Å². The molecule has 0 spiro atoms. The van der Waals surface area contributed by atoms with Crippen LogP contribution in [-0.2, 0) is 0 Å². The second-order valence-corrected chi connectivity index (χ2v) is 5.50. The summed E-state index contributed by atoms with van der Waals surface area (Å²) in [5.74, 6) is 0.0181. The van der Waals surface area contributed by atoms with Gasteiger partial charge in [-0.25, -0.2) is 8.78 Å². The molecular weight excluding hydrogens is 318 g/mol. The van der Waals surface area contributed by atoms with Gasteiger partial charge in [0.25, 0.3) is 0 Å². The third-order valence-electron chi connectivity index (χ3n) is 3.28. The van der Waals surface area contributed by atoms with Gasteiger partial charge in [0.05, 0.1) is 6.54 Å². The van der Waals surface area contributed by atoms with Crippen molar-refractivity contribution in [3.05, 3.63) is 59.7 Å². The van der Waals surface area contributed by atoms with Crippen LogP contribution in [0.2, 0.25) is 0 Å². The summed E-state index contributed by atoms with van der Waals surface area (Å²) in [6.07, 6.45) is 0. The van der Waals surface area contributed by atoms with Crippen LogP contribution < -0.4 is 10.1 Å². The first-order valence-electron chi connectivity index (χ1n) is 7.12. The number of aryl methyl sites for hydroxylation is 1. The smallest absolute Gasteiger partial charge is 0.173 e. The maximum absolute atomic E-state index is 13.5. The van der Waals surface area contributed by atoms with E-state index in [0.717, 1.165) is 0 Å². The molecule has 0 atom stereocenters. The molecule has 0 aliphatic carbocycles. The number of halogens is 2. The standard InChI is InChI=1S/C17H18F2N2OS/c1-12-3-6-14(11-16(12)19)20-17(23)21(2)9-10-22-15-7-4-13(18)5-8-15/h3-8,11H,9-10H2,1-2H3,(H,20,23). The highest BCUT2D eigenvalue weighted by Crippen LogP contribution is 2.14. The Morgan fingerprint density at radius 3 is 2.52 bits per heavy atom. The van der Waals surface area contributed by atoms with Gasteiger partial charge >= 0.3 is 0 Å². The minimum absolute atomic E-state index is 0.278. The molecule has 0 amide bonds. The molecule has 6 heteroatoms. The Balaban J connectivity index is 1.80. The van der Waals surface area contributed by atoms with Crippen LogP contribution in [0.15, 0.2) is 42.5 Å². The summed E-state index contributed by atoms with van der Waals surface area (Å²) in [5, 5.41) is 3.45. The van der Waals surface area contributed by atoms with Crippen LogP contribution in [0.5, 0.6) is 5.75 Å². The molecule has 0 heterocycles. The van der Waals surface area contributed by atoms with E-state index in [1.807, 2.05) is 7.05 Å². The fourth-order valence-electron chi connectivity index (χ4n) is 1.82. The fourth-order valence-corrected chi connectivity index (χ4v) is 2.03. The van der Waals surface area contributed by atoms with Crippen molar-refractivity contribution in [2.75, 3.05) is 25.5 Å². The number of likely N-dealkylation sites (N-methyl/N-ethyl adjacent to an activating group) is 1. The molecule has 0 saturated carbocycles. The lowest BCUT2D eigenvalue weighted by Gasteiger charge is -2.21. The van der Waals surface area contributed by atoms with E-state index in [1.54, 1.807) is 36.1 Å². The fraction of sp³-hybridized carbons (Fsp3) is 0.235. The minimum atomic E-state index is -0.301. The quantitative estimate of drug-likeness (QED) is 0.835. The molecule has 0 fully saturated rings. The van der Waals surface area contributed by atoms with Gasteiger partial charge in [0.2, 0.25) is 0 Å². The molecule has 23 heavy (non-hydrogen) atoms. The van der Waals surface area contributed by atoms with E-state index >= 15 is 0 Å². The van der Waals surface area contributed by atoms with Gasteiger partial charge in [-0.2, -0.15) is 0 Å². The number of thiocarbonyl (C=S) groups is 1. The van der Waals surface area contributed by atoms with Gasteiger partial charge in [-0.3, -0.25) is 0 Å². The van der Waals surface area contributed by atoms with E-state index < -0.39 is 0 Å². The highest BCUT2D eigenvalue weighted by molar-refractivity contribution is 7.80. The lowest BCUT2D eigenvalue weighted by Crippen LogP contribution is -2.34. The first-order chi connectivity index (χ1) is 11.0. The molecule has 122 valence electrons. The Morgan fingerprint density at radius 1 is 1.17 bits per heavy atom. The van der Waals surface area contributed by atoms with Crippen molar-refractivity contribution in [1.82, 2.24) is 4.90 Å². The monoisotopic (exact) mass is 336 g/mol. The third kappa shape index (κ3) is 5.17. The van der Waals surface area contributed by atoms with E-state index in [9.17, 15) is 8.78 Å². The molecule has 3 nitrogen and oxygen atoms in total. The average molecular weight is 336 g/mol. The molecule has 0 aliphatic rings. The molecule has 2 rings (SSSR count). The van der Waals surface area contributed by atoms with Gasteiger partial charge in [0.1, 0.15) is 24.0 Å². The Kier molecular flexibility index (Phi) is 5.87. The zero-order chi connectivity index (χ0) is 16.8. The molecule has 0 aromatic heterocycles. The van der Waals surface area contributed by atoms with Crippen LogP contribution in [0.1, 0.15) is 5.56 Å². The highest BCUT2D eigenvalue weighted by Gasteiger charge is 2.06. The van der Waals surface area contributed by atoms with Crippen LogP contribution in [0.4, 0.5) is 14.5 Å². The Bertz CT molecular complexity index is 677. The van der Waals surface area contributed by atoms with Gasteiger partial charge < -0.3 is 15.0 Å². The summed E-state index contributed by atoms with van der Waals surface area (Å²) in [6.45, 7) is 2.64. The summed E-state index contributed by atoms with van der Waals surface area (Å²) in [6, 6.07) is 10.7. The number of anilines is 1. The molecule has 0 aliphatic heterocycles. The predicted octanol–water partition coefficient (Wildman–Crippen LogP) is 3.98. The molecule has 0 bridgehead atoms. The number of ether oxygens (including phenoxy) is 1. The summed E-state index contributed by atoms with van der Waals surface area (Å²) >= 11 is 5.27. The molecular formula is C17H18F2N2OS. The SMILES string of the molecule is Cc1ccc(NC(=S)N(C)CCOc2ccc(F)cc2)cc1F. The van der Waals surface area contributed by atoms with E-state index in [0.29, 0.717) is 35.3 Å². The zero-order valence-corrected chi connectivity index (χ0v) is 13.8. The van der Waals surface area contributed by atoms with Crippen molar-refractivity contribution in [2.45, 2.75) is 6.92 Å². The molecule has 2 aromatic carbocycles. The predicted molar refractivity (Wildman–Crippen MR) is 91.9 cm³/mol. The number of nitrogens with zero attached hydrogens (tertiary/aromatic N) is 1. The average Bonchev–Trinajstić information content (AvgIpc) is 2.52. The lowest BCUT2D eigenvalue weighted by molar-refractivity contribution is 0.285. The Labute approximate surface area is 139 Å². The van der Waals surface area contributed by atoms with Crippen molar-refractivity contribution in [1.29, 1.82) is 0 Å². The molecule has 0 saturated heterocycles. The topological polar surface area (TPSA) is 24.5 Å². The molecule has 1 N–H and O–H groups in total. The third-order valence-corrected chi connectivity index (χ3v) is 3.69. The van der Waals surface area contributed by atoms with Gasteiger partial charge in [0.15, 0.2) is 5.11 Å². The minimum Gasteiger partial charge on any atom is -0.492 e. The Hall–Kier alpha value is -2.21. The first kappa shape index (κ1) is 17.1. The first-order valence-corrected chi connectivity index (χ1v) is 7.53. The number of hydrogen-bond donors (Lipinski definition) is 1. The van der Waals surface area contributed by atoms with Crippen LogP contribution in [0, 0.1) is 18.6 Å². The summed E-state index contributed by atoms with van der Waals surface area (Å²) < 4.78 is 31.8. The molecule has 0 unspecified atom stereocenters. The van der Waals surface area contributed by atoms with Crippen molar-refractivity contribution in [3.8, 4) is 5.75 Å². The number of hydrogen-bond acceptors (Lipinski definition) is 2. The number of rotatable bonds is 5. The van der Waals surface area contributed by atoms with Gasteiger partial charge in [-0.15, -0.1) is 0 Å². The summed E-state index contributed by atoms with van der Waals surface area (Å²) in [5.41, 5.74) is 1.19. The summed E-state index contributed by atoms with van der Waals surface area (Å²) in [4.78, 5) is 1.79. The Morgan fingerprint density at radius 2 is 1.87 bits per heavy atom. The van der Waals surface area contributed by atoms with E-state index in [2.05, 4.69) is 5.32 Å². The van der Waals surface area contributed by atoms with Crippen molar-refractivity contribution in [3.63, 3.8) is 0 Å². The van der Waals surface area contributed by atoms with Crippen molar-refractivity contribution < 1.29 is 13.5 Å². The molecule has 2 aromatic rings. The van der Waals surface area contributed by atoms with E-state index in [1.165, 1.54) is 18.2 Å². The highest BCUT2D eigenvalue weighted by atomic mass is 32.1. The zero-order valence-electron chi connectivity index (χ0n) is 13.0. The number of benzene rings is 2. The van der Waals surface area contributed by atoms with Crippen LogP contribution >= 0.6 is 12.2 Å². The second-order valence-electron chi connectivity index (χ2n) is 5.12. The van der Waals surface area contributed by atoms with Gasteiger partial charge in [-0.1, -0.05) is 6.07 Å². The largest absolute Gasteiger partial charge is 0.492 e. The van der Waals surface area contributed by atoms with Crippen LogP contribution in [0.3, 0.4) is 0 Å². The molecule has 0 radical (unpaired) electrons. The van der Waals surface area contributed by atoms with Gasteiger partial charge in [0, 0.05) is 12.7 Å². The number of nitrogens with one attached hydrogen (secondary N) is 1. The van der Waals surface area contributed by atoms with Crippen LogP contribution in [0.25, 0.3) is 0 Å².